The van der Waals surface area contributed by atoms with Gasteiger partial charge in [0.25, 0.3) is 5.91 Å². The first-order valence-corrected chi connectivity index (χ1v) is 7.06. The van der Waals surface area contributed by atoms with Crippen molar-refractivity contribution in [3.63, 3.8) is 0 Å². The molecule has 5 heteroatoms. The number of hydrogen-bond acceptors (Lipinski definition) is 1. The number of hydrogen-bond donors (Lipinski definition) is 1. The van der Waals surface area contributed by atoms with Gasteiger partial charge in [-0.2, -0.15) is 0 Å². The first kappa shape index (κ1) is 13.5. The van der Waals surface area contributed by atoms with Crippen molar-refractivity contribution in [3.8, 4) is 0 Å². The predicted octanol–water partition coefficient (Wildman–Crippen LogP) is 3.26. The van der Waals surface area contributed by atoms with Crippen LogP contribution in [-0.4, -0.2) is 17.3 Å². The highest BCUT2D eigenvalue weighted by Crippen LogP contribution is 2.27. The zero-order valence-electron chi connectivity index (χ0n) is 9.76. The van der Waals surface area contributed by atoms with E-state index in [0.717, 1.165) is 36.7 Å². The summed E-state index contributed by atoms with van der Waals surface area (Å²) in [6.45, 7) is 0. The molecule has 2 nitrogen and oxygen atoms in total. The minimum absolute atomic E-state index is 0.0707. The highest BCUT2D eigenvalue weighted by Gasteiger charge is 2.28. The van der Waals surface area contributed by atoms with Crippen molar-refractivity contribution in [3.05, 3.63) is 35.4 Å². The standard InChI is InChI=1S/C13H14BrF2NO/c14-7-8-2-1-3-12(8)17-13(18)10-5-4-9(15)6-11(10)16/h4-6,8,12H,1-3,7H2,(H,17,18). The van der Waals surface area contributed by atoms with Crippen LogP contribution >= 0.6 is 15.9 Å². The first-order valence-electron chi connectivity index (χ1n) is 5.93. The van der Waals surface area contributed by atoms with Gasteiger partial charge >= 0.3 is 0 Å². The van der Waals surface area contributed by atoms with E-state index < -0.39 is 17.5 Å². The molecule has 98 valence electrons. The molecule has 2 unspecified atom stereocenters. The Bertz CT molecular complexity index is 453. The average Bonchev–Trinajstić information content (AvgIpc) is 2.76. The summed E-state index contributed by atoms with van der Waals surface area (Å²) in [5.74, 6) is -1.58. The lowest BCUT2D eigenvalue weighted by molar-refractivity contribution is 0.0926. The summed E-state index contributed by atoms with van der Waals surface area (Å²) in [5, 5.41) is 3.65. The highest BCUT2D eigenvalue weighted by atomic mass is 79.9. The second-order valence-electron chi connectivity index (χ2n) is 4.55. The quantitative estimate of drug-likeness (QED) is 0.852. The van der Waals surface area contributed by atoms with E-state index in [4.69, 9.17) is 0 Å². The number of halogens is 3. The molecule has 1 saturated carbocycles. The third kappa shape index (κ3) is 2.88. The summed E-state index contributed by atoms with van der Waals surface area (Å²) < 4.78 is 26.2. The van der Waals surface area contributed by atoms with Gasteiger partial charge in [-0.05, 0) is 30.9 Å². The van der Waals surface area contributed by atoms with Crippen LogP contribution in [0.3, 0.4) is 0 Å². The Hall–Kier alpha value is -0.970. The van der Waals surface area contributed by atoms with E-state index in [9.17, 15) is 13.6 Å². The molecule has 0 radical (unpaired) electrons. The minimum atomic E-state index is -0.819. The molecule has 1 aromatic carbocycles. The fourth-order valence-electron chi connectivity index (χ4n) is 2.33. The maximum Gasteiger partial charge on any atom is 0.254 e. The van der Waals surface area contributed by atoms with Crippen molar-refractivity contribution in [2.24, 2.45) is 5.92 Å². The van der Waals surface area contributed by atoms with Crippen molar-refractivity contribution >= 4 is 21.8 Å². The number of amides is 1. The van der Waals surface area contributed by atoms with Gasteiger partial charge in [0.2, 0.25) is 0 Å². The monoisotopic (exact) mass is 317 g/mol. The number of nitrogens with one attached hydrogen (secondary N) is 1. The van der Waals surface area contributed by atoms with Crippen LogP contribution in [0.15, 0.2) is 18.2 Å². The Morgan fingerprint density at radius 3 is 2.83 bits per heavy atom. The molecule has 1 aromatic rings. The molecule has 0 spiro atoms. The van der Waals surface area contributed by atoms with Crippen molar-refractivity contribution in [1.82, 2.24) is 5.32 Å². The molecular weight excluding hydrogens is 304 g/mol. The Morgan fingerprint density at radius 2 is 2.17 bits per heavy atom. The summed E-state index contributed by atoms with van der Waals surface area (Å²) >= 11 is 3.41. The Labute approximate surface area is 113 Å². The van der Waals surface area contributed by atoms with E-state index in [1.165, 1.54) is 6.07 Å². The summed E-state index contributed by atoms with van der Waals surface area (Å²) in [7, 11) is 0. The second-order valence-corrected chi connectivity index (χ2v) is 5.20. The predicted molar refractivity (Wildman–Crippen MR) is 68.7 cm³/mol. The van der Waals surface area contributed by atoms with Crippen LogP contribution in [-0.2, 0) is 0 Å². The topological polar surface area (TPSA) is 29.1 Å². The van der Waals surface area contributed by atoms with Gasteiger partial charge < -0.3 is 5.32 Å². The van der Waals surface area contributed by atoms with Gasteiger partial charge in [0.05, 0.1) is 5.56 Å². The Balaban J connectivity index is 2.07. The molecule has 1 aliphatic carbocycles. The zero-order valence-corrected chi connectivity index (χ0v) is 11.3. The number of carbonyl (C=O) groups is 1. The first-order chi connectivity index (χ1) is 8.61. The number of alkyl halides is 1. The number of benzene rings is 1. The number of carbonyl (C=O) groups excluding carboxylic acids is 1. The molecular formula is C13H14BrF2NO. The maximum absolute atomic E-state index is 13.4. The van der Waals surface area contributed by atoms with Crippen LogP contribution in [0, 0.1) is 17.6 Å². The molecule has 0 bridgehead atoms. The van der Waals surface area contributed by atoms with E-state index in [1.54, 1.807) is 0 Å². The van der Waals surface area contributed by atoms with Gasteiger partial charge in [-0.25, -0.2) is 8.78 Å². The lowest BCUT2D eigenvalue weighted by Crippen LogP contribution is -2.38. The zero-order chi connectivity index (χ0) is 13.1. The molecule has 1 aliphatic rings. The molecule has 1 amide bonds. The van der Waals surface area contributed by atoms with Crippen LogP contribution in [0.25, 0.3) is 0 Å². The van der Waals surface area contributed by atoms with Gasteiger partial charge in [0.1, 0.15) is 11.6 Å². The summed E-state index contributed by atoms with van der Waals surface area (Å²) in [5.41, 5.74) is -0.100. The molecule has 0 aliphatic heterocycles. The van der Waals surface area contributed by atoms with Gasteiger partial charge in [-0.3, -0.25) is 4.79 Å². The third-order valence-electron chi connectivity index (χ3n) is 3.35. The fourth-order valence-corrected chi connectivity index (χ4v) is 3.11. The molecule has 1 fully saturated rings. The van der Waals surface area contributed by atoms with E-state index in [-0.39, 0.29) is 11.6 Å². The minimum Gasteiger partial charge on any atom is -0.349 e. The average molecular weight is 318 g/mol. The van der Waals surface area contributed by atoms with Crippen LogP contribution in [0.4, 0.5) is 8.78 Å². The van der Waals surface area contributed by atoms with E-state index >= 15 is 0 Å². The van der Waals surface area contributed by atoms with E-state index in [0.29, 0.717) is 5.92 Å². The summed E-state index contributed by atoms with van der Waals surface area (Å²) in [6.07, 6.45) is 3.03. The van der Waals surface area contributed by atoms with E-state index in [2.05, 4.69) is 21.2 Å². The highest BCUT2D eigenvalue weighted by molar-refractivity contribution is 9.09. The van der Waals surface area contributed by atoms with Crippen molar-refractivity contribution in [1.29, 1.82) is 0 Å². The van der Waals surface area contributed by atoms with E-state index in [1.807, 2.05) is 0 Å². The van der Waals surface area contributed by atoms with Gasteiger partial charge in [-0.15, -0.1) is 0 Å². The van der Waals surface area contributed by atoms with Crippen LogP contribution in [0.5, 0.6) is 0 Å². The lowest BCUT2D eigenvalue weighted by Gasteiger charge is -2.19. The van der Waals surface area contributed by atoms with Crippen molar-refractivity contribution in [2.45, 2.75) is 25.3 Å². The normalized spacial score (nSPS) is 23.1. The lowest BCUT2D eigenvalue weighted by atomic mass is 10.1. The number of rotatable bonds is 3. The molecule has 2 rings (SSSR count). The fraction of sp³-hybridized carbons (Fsp3) is 0.462. The Kier molecular flexibility index (Phi) is 4.32. The molecule has 0 aromatic heterocycles. The molecule has 2 atom stereocenters. The smallest absolute Gasteiger partial charge is 0.254 e. The van der Waals surface area contributed by atoms with Crippen LogP contribution < -0.4 is 5.32 Å². The van der Waals surface area contributed by atoms with Crippen molar-refractivity contribution < 1.29 is 13.6 Å². The largest absolute Gasteiger partial charge is 0.349 e. The molecule has 0 heterocycles. The summed E-state index contributed by atoms with van der Waals surface area (Å²) in [6, 6.07) is 3.07. The van der Waals surface area contributed by atoms with Crippen LogP contribution in [0.1, 0.15) is 29.6 Å². The molecule has 1 N–H and O–H groups in total. The van der Waals surface area contributed by atoms with Gasteiger partial charge in [-0.1, -0.05) is 22.4 Å². The van der Waals surface area contributed by atoms with Crippen LogP contribution in [0.2, 0.25) is 0 Å². The maximum atomic E-state index is 13.4. The van der Waals surface area contributed by atoms with Gasteiger partial charge in [0, 0.05) is 17.4 Å². The van der Waals surface area contributed by atoms with Crippen molar-refractivity contribution in [2.75, 3.05) is 5.33 Å². The second kappa shape index (κ2) is 5.78. The Morgan fingerprint density at radius 1 is 1.39 bits per heavy atom. The summed E-state index contributed by atoms with van der Waals surface area (Å²) in [4.78, 5) is 11.9. The molecule has 0 saturated heterocycles. The van der Waals surface area contributed by atoms with Gasteiger partial charge in [0.15, 0.2) is 0 Å². The third-order valence-corrected chi connectivity index (χ3v) is 4.18. The SMILES string of the molecule is O=C(NC1CCCC1CBr)c1ccc(F)cc1F. The molecule has 18 heavy (non-hydrogen) atoms.